The van der Waals surface area contributed by atoms with Crippen LogP contribution in [0.15, 0.2) is 47.4 Å². The van der Waals surface area contributed by atoms with Gasteiger partial charge in [0.1, 0.15) is 16.4 Å². The van der Waals surface area contributed by atoms with Gasteiger partial charge in [-0.25, -0.2) is 4.79 Å². The lowest BCUT2D eigenvalue weighted by Gasteiger charge is -2.24. The minimum absolute atomic E-state index is 0.0578. The number of hydrogen-bond donors (Lipinski definition) is 2. The Hall–Kier alpha value is -3.31. The highest BCUT2D eigenvalue weighted by Crippen LogP contribution is 2.36. The van der Waals surface area contributed by atoms with E-state index in [1.807, 2.05) is 30.3 Å². The van der Waals surface area contributed by atoms with Gasteiger partial charge >= 0.3 is 11.9 Å². The highest BCUT2D eigenvalue weighted by Gasteiger charge is 2.51. The maximum atomic E-state index is 12.8. The van der Waals surface area contributed by atoms with E-state index >= 15 is 0 Å². The molecule has 2 atom stereocenters. The number of carbonyl (C=O) groups is 5. The molecule has 0 radical (unpaired) electrons. The lowest BCUT2D eigenvalue weighted by molar-refractivity contribution is -0.158. The summed E-state index contributed by atoms with van der Waals surface area (Å²) in [4.78, 5) is 61.9. The second kappa shape index (κ2) is 9.23. The van der Waals surface area contributed by atoms with E-state index in [-0.39, 0.29) is 9.23 Å². The smallest absolute Gasteiger partial charge is 0.327 e. The summed E-state index contributed by atoms with van der Waals surface area (Å²) in [5.41, 5.74) is 0.916. The maximum Gasteiger partial charge on any atom is 0.327 e. The largest absolute Gasteiger partial charge is 0.481 e. The van der Waals surface area contributed by atoms with Crippen LogP contribution in [0.25, 0.3) is 6.08 Å². The molecule has 31 heavy (non-hydrogen) atoms. The first-order chi connectivity index (χ1) is 14.7. The Balaban J connectivity index is 1.79. The van der Waals surface area contributed by atoms with Gasteiger partial charge in [-0.1, -0.05) is 66.5 Å². The average molecular weight is 460 g/mol. The van der Waals surface area contributed by atoms with Crippen molar-refractivity contribution in [1.82, 2.24) is 9.80 Å². The van der Waals surface area contributed by atoms with E-state index in [4.69, 9.17) is 17.3 Å². The van der Waals surface area contributed by atoms with Gasteiger partial charge in [0.25, 0.3) is 11.8 Å². The van der Waals surface area contributed by atoms with Crippen molar-refractivity contribution in [3.63, 3.8) is 0 Å². The third-order valence-electron chi connectivity index (χ3n) is 4.59. The Bertz CT molecular complexity index is 1040. The molecular weight excluding hydrogens is 444 g/mol. The van der Waals surface area contributed by atoms with Gasteiger partial charge < -0.3 is 10.2 Å². The Kier molecular flexibility index (Phi) is 6.66. The molecule has 0 bridgehead atoms. The summed E-state index contributed by atoms with van der Waals surface area (Å²) in [5.74, 6) is -5.51. The van der Waals surface area contributed by atoms with Crippen LogP contribution in [0.4, 0.5) is 0 Å². The van der Waals surface area contributed by atoms with Crippen molar-refractivity contribution in [3.05, 3.63) is 53.0 Å². The van der Waals surface area contributed by atoms with Crippen molar-refractivity contribution in [2.45, 2.75) is 24.9 Å². The molecule has 1 aromatic rings. The molecule has 2 N–H and O–H groups in total. The fourth-order valence-electron chi connectivity index (χ4n) is 3.19. The van der Waals surface area contributed by atoms with Crippen LogP contribution in [0.5, 0.6) is 0 Å². The average Bonchev–Trinajstić information content (AvgIpc) is 3.15. The number of hydrogen-bond acceptors (Lipinski definition) is 7. The Labute approximate surface area is 186 Å². The number of nitrogens with zero attached hydrogens (tertiary/aromatic N) is 2. The fourth-order valence-corrected chi connectivity index (χ4v) is 4.50. The van der Waals surface area contributed by atoms with Crippen LogP contribution >= 0.6 is 24.0 Å². The summed E-state index contributed by atoms with van der Waals surface area (Å²) in [7, 11) is 0. The highest BCUT2D eigenvalue weighted by molar-refractivity contribution is 8.26. The molecule has 2 aliphatic heterocycles. The third kappa shape index (κ3) is 4.72. The Morgan fingerprint density at radius 1 is 1.19 bits per heavy atom. The van der Waals surface area contributed by atoms with E-state index in [0.29, 0.717) is 4.90 Å². The number of thiocarbonyl (C=S) groups is 1. The van der Waals surface area contributed by atoms with Gasteiger partial charge in [0.15, 0.2) is 0 Å². The van der Waals surface area contributed by atoms with Gasteiger partial charge in [-0.05, 0) is 11.6 Å². The molecular formula is C20H16N2O7S2. The number of imide groups is 1. The van der Waals surface area contributed by atoms with E-state index in [2.05, 4.69) is 0 Å². The number of thioether (sulfide) groups is 1. The van der Waals surface area contributed by atoms with E-state index in [1.165, 1.54) is 6.08 Å². The first-order valence-corrected chi connectivity index (χ1v) is 10.2. The van der Waals surface area contributed by atoms with Crippen LogP contribution in [-0.4, -0.2) is 66.1 Å². The molecule has 1 aromatic carbocycles. The van der Waals surface area contributed by atoms with E-state index in [9.17, 15) is 29.1 Å². The molecule has 160 valence electrons. The van der Waals surface area contributed by atoms with Crippen molar-refractivity contribution >= 4 is 64.0 Å². The number of benzene rings is 1. The standard InChI is InChI=1S/C20H16N2O7S2/c23-15-9-12(17(26)21(15)13(19(28)29)10-16(24)25)22-18(27)14(31-20(22)30)8-4-7-11-5-2-1-3-6-11/h1-8,12-13H,9-10H2,(H,24,25)(H,28,29)/b7-4+,14-8-. The van der Waals surface area contributed by atoms with Gasteiger partial charge in [0.05, 0.1) is 17.7 Å². The summed E-state index contributed by atoms with van der Waals surface area (Å²) in [6, 6.07) is 6.19. The van der Waals surface area contributed by atoms with Crippen LogP contribution in [0.3, 0.4) is 0 Å². The van der Waals surface area contributed by atoms with Crippen LogP contribution in [0.2, 0.25) is 0 Å². The molecule has 2 fully saturated rings. The van der Waals surface area contributed by atoms with Gasteiger partial charge in [0.2, 0.25) is 5.91 Å². The van der Waals surface area contributed by atoms with Crippen molar-refractivity contribution in [1.29, 1.82) is 0 Å². The zero-order valence-corrected chi connectivity index (χ0v) is 17.5. The molecule has 11 heteroatoms. The Morgan fingerprint density at radius 2 is 1.87 bits per heavy atom. The summed E-state index contributed by atoms with van der Waals surface area (Å²) >= 11 is 6.16. The summed E-state index contributed by atoms with van der Waals surface area (Å²) in [5, 5.41) is 18.2. The van der Waals surface area contributed by atoms with E-state index in [1.54, 1.807) is 12.2 Å². The summed E-state index contributed by atoms with van der Waals surface area (Å²) in [6.07, 6.45) is 3.56. The molecule has 2 aliphatic rings. The van der Waals surface area contributed by atoms with Crippen LogP contribution in [0, 0.1) is 0 Å². The van der Waals surface area contributed by atoms with Gasteiger partial charge in [-0.15, -0.1) is 0 Å². The van der Waals surface area contributed by atoms with Crippen molar-refractivity contribution < 1.29 is 34.2 Å². The third-order valence-corrected chi connectivity index (χ3v) is 5.94. The predicted molar refractivity (Wildman–Crippen MR) is 115 cm³/mol. The number of aliphatic carboxylic acids is 2. The van der Waals surface area contributed by atoms with Gasteiger partial charge in [-0.3, -0.25) is 29.0 Å². The summed E-state index contributed by atoms with van der Waals surface area (Å²) < 4.78 is 0.0578. The molecule has 3 rings (SSSR count). The maximum absolute atomic E-state index is 12.8. The van der Waals surface area contributed by atoms with Gasteiger partial charge in [-0.2, -0.15) is 0 Å². The van der Waals surface area contributed by atoms with Crippen molar-refractivity contribution in [2.75, 3.05) is 0 Å². The molecule has 2 unspecified atom stereocenters. The van der Waals surface area contributed by atoms with E-state index in [0.717, 1.165) is 22.2 Å². The van der Waals surface area contributed by atoms with Crippen molar-refractivity contribution in [3.8, 4) is 0 Å². The molecule has 2 heterocycles. The number of likely N-dealkylation sites (tertiary alicyclic amines) is 1. The lowest BCUT2D eigenvalue weighted by Crippen LogP contribution is -2.50. The van der Waals surface area contributed by atoms with E-state index < -0.39 is 54.6 Å². The molecule has 0 saturated carbocycles. The molecule has 9 nitrogen and oxygen atoms in total. The molecule has 0 spiro atoms. The number of carboxylic acid groups (broad SMARTS) is 2. The minimum Gasteiger partial charge on any atom is -0.481 e. The second-order valence-corrected chi connectivity index (χ2v) is 8.29. The molecule has 3 amide bonds. The summed E-state index contributed by atoms with van der Waals surface area (Å²) in [6.45, 7) is 0. The SMILES string of the molecule is O=C(O)CC(C(=O)O)N1C(=O)CC(N2C(=O)/C(=C/C=C/c3ccccc3)SC2=S)C1=O. The molecule has 2 saturated heterocycles. The van der Waals surface area contributed by atoms with Crippen LogP contribution in [0.1, 0.15) is 18.4 Å². The predicted octanol–water partition coefficient (Wildman–Crippen LogP) is 1.50. The normalized spacial score (nSPS) is 21.5. The monoisotopic (exact) mass is 460 g/mol. The fraction of sp³-hybridized carbons (Fsp3) is 0.200. The first-order valence-electron chi connectivity index (χ1n) is 9.00. The lowest BCUT2D eigenvalue weighted by atomic mass is 10.2. The second-order valence-electron chi connectivity index (χ2n) is 6.62. The van der Waals surface area contributed by atoms with Crippen molar-refractivity contribution in [2.24, 2.45) is 0 Å². The Morgan fingerprint density at radius 3 is 2.48 bits per heavy atom. The number of carbonyl (C=O) groups excluding carboxylic acids is 3. The number of carboxylic acids is 2. The van der Waals surface area contributed by atoms with Crippen LogP contribution < -0.4 is 0 Å². The zero-order valence-electron chi connectivity index (χ0n) is 15.8. The minimum atomic E-state index is -1.86. The quantitative estimate of drug-likeness (QED) is 0.353. The number of rotatable bonds is 7. The number of allylic oxidation sites excluding steroid dienone is 2. The molecule has 0 aromatic heterocycles. The van der Waals surface area contributed by atoms with Gasteiger partial charge in [0, 0.05) is 0 Å². The highest BCUT2D eigenvalue weighted by atomic mass is 32.2. The first kappa shape index (κ1) is 22.4. The zero-order chi connectivity index (χ0) is 22.7. The molecule has 0 aliphatic carbocycles. The number of amides is 3. The topological polar surface area (TPSA) is 132 Å². The van der Waals surface area contributed by atoms with Crippen LogP contribution in [-0.2, 0) is 24.0 Å².